The van der Waals surface area contributed by atoms with Gasteiger partial charge in [0.1, 0.15) is 19.3 Å². The van der Waals surface area contributed by atoms with Crippen LogP contribution >= 0.6 is 0 Å². The Balaban J connectivity index is -0.00000533. The average Bonchev–Trinajstić information content (AvgIpc) is 3.38. The summed E-state index contributed by atoms with van der Waals surface area (Å²) in [5.74, 6) is -0.893. The van der Waals surface area contributed by atoms with E-state index in [1.807, 2.05) is 0 Å². The minimum Gasteiger partial charge on any atom is -0.462 e. The first-order chi connectivity index (χ1) is 34.8. The monoisotopic (exact) mass is 1010 g/mol. The molecule has 0 heterocycles. The summed E-state index contributed by atoms with van der Waals surface area (Å²) in [6, 6.07) is 0. The Labute approximate surface area is 438 Å². The molecule has 0 unspecified atom stereocenters. The van der Waals surface area contributed by atoms with Gasteiger partial charge < -0.3 is 34.6 Å². The van der Waals surface area contributed by atoms with Crippen LogP contribution in [0.15, 0.2) is 36.5 Å². The highest BCUT2D eigenvalue weighted by atomic mass is 16.6. The van der Waals surface area contributed by atoms with Gasteiger partial charge in [-0.05, 0) is 96.3 Å². The molecule has 0 aromatic carbocycles. The Morgan fingerprint density at radius 3 is 0.817 bits per heavy atom. The third-order valence-electron chi connectivity index (χ3n) is 12.5. The Kier molecular flexibility index (Phi) is 67.1. The smallest absolute Gasteiger partial charge is 0.306 e. The molecule has 420 valence electrons. The van der Waals surface area contributed by atoms with E-state index in [9.17, 15) is 14.4 Å². The van der Waals surface area contributed by atoms with E-state index >= 15 is 0 Å². The first-order valence-electron chi connectivity index (χ1n) is 29.6. The molecule has 4 N–H and O–H groups in total. The van der Waals surface area contributed by atoms with Crippen molar-refractivity contribution >= 4 is 17.9 Å². The van der Waals surface area contributed by atoms with E-state index in [2.05, 4.69) is 57.2 Å². The molecule has 10 nitrogen and oxygen atoms in total. The van der Waals surface area contributed by atoms with Gasteiger partial charge in [0.2, 0.25) is 0 Å². The lowest BCUT2D eigenvalue weighted by Crippen LogP contribution is -2.30. The van der Waals surface area contributed by atoms with Gasteiger partial charge in [-0.25, -0.2) is 0 Å². The number of aliphatic hydroxyl groups excluding tert-OH is 4. The summed E-state index contributed by atoms with van der Waals surface area (Å²) in [5, 5.41) is 31.0. The molecule has 0 bridgehead atoms. The van der Waals surface area contributed by atoms with Gasteiger partial charge in [-0.15, -0.1) is 0 Å². The molecule has 71 heavy (non-hydrogen) atoms. The molecule has 0 saturated heterocycles. The lowest BCUT2D eigenvalue weighted by Gasteiger charge is -2.18. The lowest BCUT2D eigenvalue weighted by molar-refractivity contribution is -0.167. The zero-order valence-electron chi connectivity index (χ0n) is 46.9. The predicted octanol–water partition coefficient (Wildman–Crippen LogP) is 16.0. The number of esters is 3. The highest BCUT2D eigenvalue weighted by molar-refractivity contribution is 5.71. The van der Waals surface area contributed by atoms with Crippen molar-refractivity contribution in [1.82, 2.24) is 0 Å². The Morgan fingerprint density at radius 1 is 0.352 bits per heavy atom. The number of rotatable bonds is 52. The number of carbonyl (C=O) groups is 3. The number of allylic oxidation sites excluding steroid dienone is 6. The van der Waals surface area contributed by atoms with Crippen LogP contribution in [0.4, 0.5) is 0 Å². The second kappa shape index (κ2) is 65.5. The third-order valence-corrected chi connectivity index (χ3v) is 12.5. The molecule has 0 aliphatic heterocycles. The summed E-state index contributed by atoms with van der Waals surface area (Å²) in [4.78, 5) is 38.0. The van der Waals surface area contributed by atoms with Gasteiger partial charge in [0.15, 0.2) is 6.10 Å². The molecule has 0 aliphatic carbocycles. The predicted molar refractivity (Wildman–Crippen MR) is 298 cm³/mol. The fourth-order valence-corrected chi connectivity index (χ4v) is 7.96. The normalized spacial score (nSPS) is 11.4. The minimum atomic E-state index is -0.954. The Morgan fingerprint density at radius 2 is 0.577 bits per heavy atom. The highest BCUT2D eigenvalue weighted by Crippen LogP contribution is 2.15. The molecular weight excluding hydrogens is 893 g/mol. The number of carbonyl (C=O) groups excluding carboxylic acids is 3. The molecule has 0 radical (unpaired) electrons. The van der Waals surface area contributed by atoms with Crippen LogP contribution in [0.2, 0.25) is 0 Å². The van der Waals surface area contributed by atoms with Gasteiger partial charge in [-0.2, -0.15) is 0 Å². The van der Waals surface area contributed by atoms with Gasteiger partial charge in [0.05, 0.1) is 13.2 Å². The van der Waals surface area contributed by atoms with Crippen LogP contribution in [0.25, 0.3) is 0 Å². The molecule has 0 fully saturated rings. The van der Waals surface area contributed by atoms with Crippen LogP contribution in [0.3, 0.4) is 0 Å². The van der Waals surface area contributed by atoms with Gasteiger partial charge in [0, 0.05) is 26.4 Å². The van der Waals surface area contributed by atoms with Crippen LogP contribution < -0.4 is 0 Å². The molecule has 0 atom stereocenters. The molecule has 0 saturated carbocycles. The molecule has 0 aliphatic rings. The van der Waals surface area contributed by atoms with E-state index in [1.54, 1.807) is 0 Å². The number of aliphatic hydroxyl groups is 4. The van der Waals surface area contributed by atoms with Crippen molar-refractivity contribution in [1.29, 1.82) is 0 Å². The molecule has 0 aromatic rings. The van der Waals surface area contributed by atoms with E-state index in [0.717, 1.165) is 84.2 Å². The zero-order valence-corrected chi connectivity index (χ0v) is 46.9. The number of hydrogen-bond acceptors (Lipinski definition) is 10. The lowest BCUT2D eigenvalue weighted by atomic mass is 10.1. The molecular formula is C61H116O10. The topological polar surface area (TPSA) is 160 Å². The molecule has 0 aromatic heterocycles. The second-order valence-electron chi connectivity index (χ2n) is 19.5. The number of hydrogen-bond donors (Lipinski definition) is 4. The highest BCUT2D eigenvalue weighted by Gasteiger charge is 2.19. The van der Waals surface area contributed by atoms with E-state index in [-0.39, 0.29) is 44.3 Å². The third kappa shape index (κ3) is 65.5. The van der Waals surface area contributed by atoms with Crippen LogP contribution in [0.5, 0.6) is 0 Å². The van der Waals surface area contributed by atoms with E-state index in [1.165, 1.54) is 173 Å². The minimum absolute atomic E-state index is 0.0806. The van der Waals surface area contributed by atoms with Gasteiger partial charge in [0.25, 0.3) is 0 Å². The van der Waals surface area contributed by atoms with E-state index in [0.29, 0.717) is 19.3 Å². The van der Waals surface area contributed by atoms with Gasteiger partial charge in [-0.1, -0.05) is 211 Å². The first kappa shape index (κ1) is 72.7. The number of ether oxygens (including phenoxy) is 3. The average molecular weight is 1010 g/mol. The summed E-state index contributed by atoms with van der Waals surface area (Å²) in [6.07, 6.45) is 60.3. The van der Waals surface area contributed by atoms with Crippen molar-refractivity contribution in [3.63, 3.8) is 0 Å². The maximum Gasteiger partial charge on any atom is 0.306 e. The number of unbranched alkanes of at least 4 members (excludes halogenated alkanes) is 33. The molecule has 0 rings (SSSR count). The van der Waals surface area contributed by atoms with Crippen molar-refractivity contribution in [2.45, 2.75) is 303 Å². The van der Waals surface area contributed by atoms with Gasteiger partial charge in [-0.3, -0.25) is 14.4 Å². The summed E-state index contributed by atoms with van der Waals surface area (Å²) in [5.41, 5.74) is 0. The second-order valence-corrected chi connectivity index (χ2v) is 19.5. The maximum atomic E-state index is 12.8. The Hall–Kier alpha value is -2.53. The van der Waals surface area contributed by atoms with Crippen LogP contribution in [-0.4, -0.2) is 84.1 Å². The largest absolute Gasteiger partial charge is 0.462 e. The van der Waals surface area contributed by atoms with Crippen molar-refractivity contribution in [2.24, 2.45) is 0 Å². The van der Waals surface area contributed by atoms with Crippen LogP contribution in [0, 0.1) is 0 Å². The zero-order chi connectivity index (χ0) is 52.8. The van der Waals surface area contributed by atoms with Crippen molar-refractivity contribution in [3.05, 3.63) is 36.5 Å². The summed E-state index contributed by atoms with van der Waals surface area (Å²) in [7, 11) is 1.00. The standard InChI is InChI=1S/C57H104O6.C3H8O3.CH4O/c1-4-7-10-13-16-19-22-25-28-31-34-37-40-43-46-49-55(58)61-52-54(63-57(60)51-48-45-42-39-36-33-30-27-24-21-18-15-12-9-6-3)53-62-56(59)50-47-44-41-38-35-32-29-26-23-20-17-14-11-8-5-2;4-1-3(6)2-5;1-2/h25-30,54H,4-24,31-53H2,1-3H3;3-6H,1-2H2;2H,1H3/b28-25-,29-26-,30-27-;;. The van der Waals surface area contributed by atoms with Crippen LogP contribution in [-0.2, 0) is 28.6 Å². The van der Waals surface area contributed by atoms with Crippen molar-refractivity contribution in [2.75, 3.05) is 33.5 Å². The van der Waals surface area contributed by atoms with E-state index in [4.69, 9.17) is 34.6 Å². The Bertz CT molecular complexity index is 1090. The van der Waals surface area contributed by atoms with Crippen LogP contribution in [0.1, 0.15) is 290 Å². The molecule has 0 spiro atoms. The maximum absolute atomic E-state index is 12.8. The molecule has 10 heteroatoms. The fraction of sp³-hybridized carbons (Fsp3) is 0.852. The first-order valence-corrected chi connectivity index (χ1v) is 29.6. The van der Waals surface area contributed by atoms with E-state index < -0.39 is 12.2 Å². The van der Waals surface area contributed by atoms with Gasteiger partial charge >= 0.3 is 17.9 Å². The SMILES string of the molecule is CCCCCCCC/C=C\CCCCCCCC(=O)OCC(COC(=O)CCCCCCC/C=C\CCCCCCCC)OC(=O)CCCCCCC/C=C\CCCCCCCC.CO.OCC(O)CO. The fourth-order valence-electron chi connectivity index (χ4n) is 7.96. The summed E-state index contributed by atoms with van der Waals surface area (Å²) < 4.78 is 16.8. The summed E-state index contributed by atoms with van der Waals surface area (Å²) in [6.45, 7) is 5.90. The van der Waals surface area contributed by atoms with Crippen molar-refractivity contribution < 1.29 is 49.0 Å². The quantitative estimate of drug-likeness (QED) is 0.0200. The molecule has 0 amide bonds. The summed E-state index contributed by atoms with van der Waals surface area (Å²) >= 11 is 0. The van der Waals surface area contributed by atoms with Crippen molar-refractivity contribution in [3.8, 4) is 0 Å².